The van der Waals surface area contributed by atoms with Gasteiger partial charge in [-0.2, -0.15) is 0 Å². The van der Waals surface area contributed by atoms with Crippen LogP contribution in [0.4, 0.5) is 0 Å². The molecular formula is C9H21NO2. The SMILES string of the molecule is CCC(O)CNC(C)(C)COC. The molecule has 0 aromatic rings. The summed E-state index contributed by atoms with van der Waals surface area (Å²) in [6.45, 7) is 7.36. The monoisotopic (exact) mass is 175 g/mol. The zero-order valence-corrected chi connectivity index (χ0v) is 8.55. The maximum absolute atomic E-state index is 9.29. The molecule has 0 amide bonds. The van der Waals surface area contributed by atoms with Crippen molar-refractivity contribution in [2.45, 2.75) is 38.8 Å². The standard InChI is InChI=1S/C9H21NO2/c1-5-8(11)6-10-9(2,3)7-12-4/h8,10-11H,5-7H2,1-4H3. The van der Waals surface area contributed by atoms with E-state index in [1.165, 1.54) is 0 Å². The molecule has 0 aliphatic carbocycles. The van der Waals surface area contributed by atoms with Crippen molar-refractivity contribution in [3.8, 4) is 0 Å². The minimum absolute atomic E-state index is 0.0507. The Morgan fingerprint density at radius 2 is 2.08 bits per heavy atom. The molecule has 0 aromatic heterocycles. The van der Waals surface area contributed by atoms with E-state index in [9.17, 15) is 5.11 Å². The van der Waals surface area contributed by atoms with Crippen molar-refractivity contribution in [1.29, 1.82) is 0 Å². The van der Waals surface area contributed by atoms with Gasteiger partial charge in [-0.15, -0.1) is 0 Å². The van der Waals surface area contributed by atoms with Crippen LogP contribution in [0.1, 0.15) is 27.2 Å². The average molecular weight is 175 g/mol. The maximum atomic E-state index is 9.29. The summed E-state index contributed by atoms with van der Waals surface area (Å²) in [5.74, 6) is 0. The second-order valence-electron chi connectivity index (χ2n) is 3.76. The molecule has 0 saturated carbocycles. The van der Waals surface area contributed by atoms with Gasteiger partial charge in [-0.1, -0.05) is 6.92 Å². The highest BCUT2D eigenvalue weighted by molar-refractivity contribution is 4.77. The third kappa shape index (κ3) is 5.52. The Kier molecular flexibility index (Phi) is 5.46. The van der Waals surface area contributed by atoms with Crippen LogP contribution in [0.25, 0.3) is 0 Å². The third-order valence-electron chi connectivity index (χ3n) is 1.79. The van der Waals surface area contributed by atoms with Crippen molar-refractivity contribution in [2.75, 3.05) is 20.3 Å². The summed E-state index contributed by atoms with van der Waals surface area (Å²) in [6, 6.07) is 0. The molecule has 0 bridgehead atoms. The number of methoxy groups -OCH3 is 1. The van der Waals surface area contributed by atoms with Crippen LogP contribution in [0.15, 0.2) is 0 Å². The first-order valence-corrected chi connectivity index (χ1v) is 4.44. The first kappa shape index (κ1) is 11.9. The van der Waals surface area contributed by atoms with Crippen LogP contribution in [0, 0.1) is 0 Å². The van der Waals surface area contributed by atoms with Gasteiger partial charge >= 0.3 is 0 Å². The molecule has 0 spiro atoms. The summed E-state index contributed by atoms with van der Waals surface area (Å²) in [7, 11) is 1.68. The van der Waals surface area contributed by atoms with Gasteiger partial charge in [-0.3, -0.25) is 0 Å². The van der Waals surface area contributed by atoms with E-state index in [-0.39, 0.29) is 11.6 Å². The summed E-state index contributed by atoms with van der Waals surface area (Å²) >= 11 is 0. The number of aliphatic hydroxyl groups excluding tert-OH is 1. The minimum atomic E-state index is -0.249. The van der Waals surface area contributed by atoms with Gasteiger partial charge in [0.15, 0.2) is 0 Å². The molecular weight excluding hydrogens is 154 g/mol. The molecule has 12 heavy (non-hydrogen) atoms. The number of nitrogens with one attached hydrogen (secondary N) is 1. The molecule has 0 heterocycles. The van der Waals surface area contributed by atoms with Gasteiger partial charge in [-0.25, -0.2) is 0 Å². The Labute approximate surface area is 75.1 Å². The van der Waals surface area contributed by atoms with Crippen LogP contribution in [0.3, 0.4) is 0 Å². The van der Waals surface area contributed by atoms with Gasteiger partial charge in [0.2, 0.25) is 0 Å². The maximum Gasteiger partial charge on any atom is 0.0662 e. The molecule has 3 heteroatoms. The van der Waals surface area contributed by atoms with Crippen molar-refractivity contribution < 1.29 is 9.84 Å². The first-order valence-electron chi connectivity index (χ1n) is 4.44. The molecule has 0 aromatic carbocycles. The van der Waals surface area contributed by atoms with Crippen LogP contribution in [-0.2, 0) is 4.74 Å². The molecule has 74 valence electrons. The zero-order valence-electron chi connectivity index (χ0n) is 8.55. The fourth-order valence-corrected chi connectivity index (χ4v) is 0.950. The number of ether oxygens (including phenoxy) is 1. The van der Waals surface area contributed by atoms with E-state index in [0.717, 1.165) is 6.42 Å². The van der Waals surface area contributed by atoms with E-state index in [4.69, 9.17) is 4.74 Å². The number of hydrogen-bond acceptors (Lipinski definition) is 3. The Balaban J connectivity index is 3.59. The average Bonchev–Trinajstić information content (AvgIpc) is 2.00. The lowest BCUT2D eigenvalue weighted by Gasteiger charge is -2.26. The third-order valence-corrected chi connectivity index (χ3v) is 1.79. The van der Waals surface area contributed by atoms with Gasteiger partial charge in [-0.05, 0) is 20.3 Å². The highest BCUT2D eigenvalue weighted by Crippen LogP contribution is 2.02. The molecule has 0 fully saturated rings. The second-order valence-corrected chi connectivity index (χ2v) is 3.76. The van der Waals surface area contributed by atoms with Crippen molar-refractivity contribution in [3.63, 3.8) is 0 Å². The predicted octanol–water partition coefficient (Wildman–Crippen LogP) is 0.772. The molecule has 0 rings (SSSR count). The number of β-amino-alcohol motifs (C(OH)–C–C–N with tert-alkyl or cyclic N) is 1. The Hall–Kier alpha value is -0.120. The fourth-order valence-electron chi connectivity index (χ4n) is 0.950. The molecule has 0 aliphatic heterocycles. The fraction of sp³-hybridized carbons (Fsp3) is 1.00. The molecule has 2 N–H and O–H groups in total. The minimum Gasteiger partial charge on any atom is -0.392 e. The lowest BCUT2D eigenvalue weighted by molar-refractivity contribution is 0.106. The highest BCUT2D eigenvalue weighted by atomic mass is 16.5. The first-order chi connectivity index (χ1) is 5.52. The van der Waals surface area contributed by atoms with Gasteiger partial charge in [0, 0.05) is 19.2 Å². The molecule has 3 nitrogen and oxygen atoms in total. The number of aliphatic hydroxyl groups is 1. The van der Waals surface area contributed by atoms with Crippen LogP contribution in [-0.4, -0.2) is 37.0 Å². The van der Waals surface area contributed by atoms with Crippen LogP contribution in [0.2, 0.25) is 0 Å². The number of hydrogen-bond donors (Lipinski definition) is 2. The Bertz CT molecular complexity index is 115. The van der Waals surface area contributed by atoms with E-state index in [0.29, 0.717) is 13.2 Å². The Morgan fingerprint density at radius 3 is 2.50 bits per heavy atom. The van der Waals surface area contributed by atoms with Crippen molar-refractivity contribution in [3.05, 3.63) is 0 Å². The summed E-state index contributed by atoms with van der Waals surface area (Å²) < 4.78 is 5.03. The smallest absolute Gasteiger partial charge is 0.0662 e. The second kappa shape index (κ2) is 5.51. The highest BCUT2D eigenvalue weighted by Gasteiger charge is 2.17. The van der Waals surface area contributed by atoms with Gasteiger partial charge in [0.05, 0.1) is 12.7 Å². The Morgan fingerprint density at radius 1 is 1.50 bits per heavy atom. The largest absolute Gasteiger partial charge is 0.392 e. The summed E-state index contributed by atoms with van der Waals surface area (Å²) in [4.78, 5) is 0. The summed E-state index contributed by atoms with van der Waals surface area (Å²) in [5, 5.41) is 12.5. The number of rotatable bonds is 6. The van der Waals surface area contributed by atoms with Crippen LogP contribution in [0.5, 0.6) is 0 Å². The summed E-state index contributed by atoms with van der Waals surface area (Å²) in [5.41, 5.74) is -0.0507. The lowest BCUT2D eigenvalue weighted by atomic mass is 10.1. The molecule has 0 aliphatic rings. The van der Waals surface area contributed by atoms with Gasteiger partial charge in [0.25, 0.3) is 0 Å². The predicted molar refractivity (Wildman–Crippen MR) is 50.3 cm³/mol. The normalized spacial score (nSPS) is 14.8. The van der Waals surface area contributed by atoms with Crippen molar-refractivity contribution in [2.24, 2.45) is 0 Å². The zero-order chi connectivity index (χ0) is 9.61. The summed E-state index contributed by atoms with van der Waals surface area (Å²) in [6.07, 6.45) is 0.539. The van der Waals surface area contributed by atoms with E-state index < -0.39 is 0 Å². The molecule has 1 unspecified atom stereocenters. The quantitative estimate of drug-likeness (QED) is 0.626. The van der Waals surface area contributed by atoms with E-state index in [2.05, 4.69) is 19.2 Å². The van der Waals surface area contributed by atoms with E-state index in [1.54, 1.807) is 7.11 Å². The topological polar surface area (TPSA) is 41.5 Å². The lowest BCUT2D eigenvalue weighted by Crippen LogP contribution is -2.46. The van der Waals surface area contributed by atoms with Crippen molar-refractivity contribution in [1.82, 2.24) is 5.32 Å². The molecule has 1 atom stereocenters. The van der Waals surface area contributed by atoms with Crippen LogP contribution >= 0.6 is 0 Å². The molecule has 0 saturated heterocycles. The van der Waals surface area contributed by atoms with Gasteiger partial charge < -0.3 is 15.2 Å². The van der Waals surface area contributed by atoms with Crippen molar-refractivity contribution >= 4 is 0 Å². The van der Waals surface area contributed by atoms with E-state index in [1.807, 2.05) is 6.92 Å². The molecule has 0 radical (unpaired) electrons. The van der Waals surface area contributed by atoms with E-state index >= 15 is 0 Å². The van der Waals surface area contributed by atoms with Crippen LogP contribution < -0.4 is 5.32 Å². The van der Waals surface area contributed by atoms with Gasteiger partial charge in [0.1, 0.15) is 0 Å².